The standard InChI is InChI=1S/C23H27N3O5S/c1-28-19-7-6-17(15-21(19)29-2)18-16-32-23(24-18)26(22(27)20-5-3-12-31-20)9-4-8-25-10-13-30-14-11-25/h3,5-7,12,15-16H,4,8-11,13-14H2,1-2H3. The van der Waals surface area contributed by atoms with Crippen LogP contribution < -0.4 is 14.4 Å². The molecule has 3 aromatic rings. The lowest BCUT2D eigenvalue weighted by molar-refractivity contribution is 0.0376. The second-order valence-corrected chi connectivity index (χ2v) is 8.16. The number of ether oxygens (including phenoxy) is 3. The van der Waals surface area contributed by atoms with Gasteiger partial charge < -0.3 is 18.6 Å². The predicted octanol–water partition coefficient (Wildman–Crippen LogP) is 3.79. The maximum absolute atomic E-state index is 13.1. The molecule has 1 aliphatic heterocycles. The van der Waals surface area contributed by atoms with Gasteiger partial charge in [-0.3, -0.25) is 14.6 Å². The molecule has 1 saturated heterocycles. The largest absolute Gasteiger partial charge is 0.493 e. The molecule has 2 aromatic heterocycles. The van der Waals surface area contributed by atoms with Crippen molar-refractivity contribution in [3.8, 4) is 22.8 Å². The van der Waals surface area contributed by atoms with Gasteiger partial charge in [-0.25, -0.2) is 4.98 Å². The van der Waals surface area contributed by atoms with Crippen LogP contribution in [0.3, 0.4) is 0 Å². The Morgan fingerprint density at radius 3 is 2.72 bits per heavy atom. The fraction of sp³-hybridized carbons (Fsp3) is 0.391. The summed E-state index contributed by atoms with van der Waals surface area (Å²) in [6.45, 7) is 4.82. The van der Waals surface area contributed by atoms with E-state index in [4.69, 9.17) is 23.6 Å². The van der Waals surface area contributed by atoms with Crippen molar-refractivity contribution >= 4 is 22.4 Å². The predicted molar refractivity (Wildman–Crippen MR) is 123 cm³/mol. The van der Waals surface area contributed by atoms with Crippen LogP contribution in [0.1, 0.15) is 17.0 Å². The van der Waals surface area contributed by atoms with Gasteiger partial charge in [0, 0.05) is 37.1 Å². The van der Waals surface area contributed by atoms with Gasteiger partial charge in [0.2, 0.25) is 0 Å². The summed E-state index contributed by atoms with van der Waals surface area (Å²) in [4.78, 5) is 22.0. The van der Waals surface area contributed by atoms with Crippen LogP contribution in [0, 0.1) is 0 Å². The minimum Gasteiger partial charge on any atom is -0.493 e. The third-order valence-corrected chi connectivity index (χ3v) is 6.20. The zero-order valence-electron chi connectivity index (χ0n) is 18.3. The Hall–Kier alpha value is -2.88. The first-order valence-electron chi connectivity index (χ1n) is 10.5. The number of hydrogen-bond donors (Lipinski definition) is 0. The number of hydrogen-bond acceptors (Lipinski definition) is 8. The monoisotopic (exact) mass is 457 g/mol. The molecular formula is C23H27N3O5S. The van der Waals surface area contributed by atoms with Crippen molar-refractivity contribution < 1.29 is 23.4 Å². The third kappa shape index (κ3) is 5.12. The Labute approximate surface area is 191 Å². The van der Waals surface area contributed by atoms with Gasteiger partial charge in [-0.15, -0.1) is 11.3 Å². The number of morpholine rings is 1. The number of carbonyl (C=O) groups is 1. The highest BCUT2D eigenvalue weighted by molar-refractivity contribution is 7.14. The highest BCUT2D eigenvalue weighted by atomic mass is 32.1. The summed E-state index contributed by atoms with van der Waals surface area (Å²) >= 11 is 1.43. The van der Waals surface area contributed by atoms with Crippen molar-refractivity contribution in [2.24, 2.45) is 0 Å². The smallest absolute Gasteiger partial charge is 0.295 e. The molecule has 0 saturated carbocycles. The lowest BCUT2D eigenvalue weighted by Gasteiger charge is -2.27. The SMILES string of the molecule is COc1ccc(-c2csc(N(CCCN3CCOCC3)C(=O)c3ccco3)n2)cc1OC. The van der Waals surface area contributed by atoms with Crippen LogP contribution in [-0.2, 0) is 4.74 Å². The van der Waals surface area contributed by atoms with Crippen molar-refractivity contribution in [3.63, 3.8) is 0 Å². The molecule has 0 N–H and O–H groups in total. The average Bonchev–Trinajstić information content (AvgIpc) is 3.54. The molecule has 1 fully saturated rings. The van der Waals surface area contributed by atoms with Crippen LogP contribution in [0.25, 0.3) is 11.3 Å². The molecule has 32 heavy (non-hydrogen) atoms. The fourth-order valence-electron chi connectivity index (χ4n) is 3.61. The molecule has 9 heteroatoms. The van der Waals surface area contributed by atoms with Gasteiger partial charge in [0.1, 0.15) is 0 Å². The topological polar surface area (TPSA) is 77.3 Å². The molecule has 0 spiro atoms. The van der Waals surface area contributed by atoms with Crippen LogP contribution in [0.5, 0.6) is 11.5 Å². The highest BCUT2D eigenvalue weighted by Gasteiger charge is 2.23. The first-order valence-corrected chi connectivity index (χ1v) is 11.4. The zero-order chi connectivity index (χ0) is 22.3. The summed E-state index contributed by atoms with van der Waals surface area (Å²) in [6, 6.07) is 9.06. The van der Waals surface area contributed by atoms with Crippen LogP contribution >= 0.6 is 11.3 Å². The molecule has 4 rings (SSSR count). The van der Waals surface area contributed by atoms with Crippen molar-refractivity contribution in [2.75, 3.05) is 58.5 Å². The molecule has 1 aromatic carbocycles. The van der Waals surface area contributed by atoms with Crippen molar-refractivity contribution in [2.45, 2.75) is 6.42 Å². The van der Waals surface area contributed by atoms with Crippen molar-refractivity contribution in [1.29, 1.82) is 0 Å². The van der Waals surface area contributed by atoms with Crippen molar-refractivity contribution in [1.82, 2.24) is 9.88 Å². The molecule has 0 atom stereocenters. The Bertz CT molecular complexity index is 1010. The second-order valence-electron chi connectivity index (χ2n) is 7.33. The number of anilines is 1. The molecular weight excluding hydrogens is 430 g/mol. The maximum atomic E-state index is 13.1. The summed E-state index contributed by atoms with van der Waals surface area (Å²) in [5.41, 5.74) is 1.67. The Balaban J connectivity index is 1.53. The molecule has 0 radical (unpaired) electrons. The minimum absolute atomic E-state index is 0.190. The molecule has 8 nitrogen and oxygen atoms in total. The summed E-state index contributed by atoms with van der Waals surface area (Å²) in [5, 5.41) is 2.58. The molecule has 0 unspecified atom stereocenters. The van der Waals surface area contributed by atoms with Gasteiger partial charge in [0.15, 0.2) is 22.4 Å². The van der Waals surface area contributed by atoms with Crippen LogP contribution in [0.4, 0.5) is 5.13 Å². The van der Waals surface area contributed by atoms with Gasteiger partial charge in [-0.2, -0.15) is 0 Å². The molecule has 1 aliphatic rings. The second kappa shape index (κ2) is 10.6. The first kappa shape index (κ1) is 22.3. The number of methoxy groups -OCH3 is 2. The van der Waals surface area contributed by atoms with Gasteiger partial charge >= 0.3 is 0 Å². The first-order chi connectivity index (χ1) is 15.7. The van der Waals surface area contributed by atoms with Gasteiger partial charge in [0.25, 0.3) is 5.91 Å². The van der Waals surface area contributed by atoms with E-state index >= 15 is 0 Å². The van der Waals surface area contributed by atoms with Gasteiger partial charge in [-0.05, 0) is 36.8 Å². The van der Waals surface area contributed by atoms with Crippen LogP contribution in [-0.4, -0.2) is 69.4 Å². The lowest BCUT2D eigenvalue weighted by Crippen LogP contribution is -2.39. The summed E-state index contributed by atoms with van der Waals surface area (Å²) in [6.07, 6.45) is 2.34. The number of furan rings is 1. The maximum Gasteiger partial charge on any atom is 0.295 e. The van der Waals surface area contributed by atoms with E-state index in [1.54, 1.807) is 31.3 Å². The minimum atomic E-state index is -0.190. The van der Waals surface area contributed by atoms with E-state index in [9.17, 15) is 4.79 Å². The van der Waals surface area contributed by atoms with Crippen molar-refractivity contribution in [3.05, 3.63) is 47.7 Å². The molecule has 1 amide bonds. The Kier molecular flexibility index (Phi) is 7.41. The highest BCUT2D eigenvalue weighted by Crippen LogP contribution is 2.34. The molecule has 3 heterocycles. The molecule has 170 valence electrons. The van der Waals surface area contributed by atoms with E-state index in [-0.39, 0.29) is 5.91 Å². The number of aromatic nitrogens is 1. The van der Waals surface area contributed by atoms with Crippen LogP contribution in [0.15, 0.2) is 46.4 Å². The van der Waals surface area contributed by atoms with E-state index in [0.717, 1.165) is 50.5 Å². The quantitative estimate of drug-likeness (QED) is 0.484. The third-order valence-electron chi connectivity index (χ3n) is 5.34. The normalized spacial score (nSPS) is 14.3. The number of rotatable bonds is 9. The summed E-state index contributed by atoms with van der Waals surface area (Å²) in [7, 11) is 3.21. The molecule has 0 aliphatic carbocycles. The Morgan fingerprint density at radius 1 is 1.19 bits per heavy atom. The lowest BCUT2D eigenvalue weighted by atomic mass is 10.1. The van der Waals surface area contributed by atoms with Gasteiger partial charge in [-0.1, -0.05) is 0 Å². The number of benzene rings is 1. The average molecular weight is 458 g/mol. The van der Waals surface area contributed by atoms with Gasteiger partial charge in [0.05, 0.1) is 39.4 Å². The number of thiazole rings is 1. The summed E-state index contributed by atoms with van der Waals surface area (Å²) in [5.74, 6) is 1.41. The Morgan fingerprint density at radius 2 is 2.00 bits per heavy atom. The van der Waals surface area contributed by atoms with Crippen LogP contribution in [0.2, 0.25) is 0 Å². The van der Waals surface area contributed by atoms with E-state index in [0.29, 0.717) is 28.9 Å². The van der Waals surface area contributed by atoms with E-state index in [1.165, 1.54) is 17.6 Å². The number of carbonyl (C=O) groups excluding carboxylic acids is 1. The number of nitrogens with zero attached hydrogens (tertiary/aromatic N) is 3. The zero-order valence-corrected chi connectivity index (χ0v) is 19.1. The summed E-state index contributed by atoms with van der Waals surface area (Å²) < 4.78 is 21.5. The molecule has 0 bridgehead atoms. The van der Waals surface area contributed by atoms with E-state index in [2.05, 4.69) is 4.90 Å². The van der Waals surface area contributed by atoms with E-state index < -0.39 is 0 Å². The fourth-order valence-corrected chi connectivity index (χ4v) is 4.47. The van der Waals surface area contributed by atoms with E-state index in [1.807, 2.05) is 23.6 Å². The number of amides is 1.